The number of pyridine rings is 1. The number of carbonyl (C=O) groups is 2. The van der Waals surface area contributed by atoms with Crippen LogP contribution >= 0.6 is 0 Å². The number of hydrogen-bond acceptors (Lipinski definition) is 6. The number of anilines is 2. The highest BCUT2D eigenvalue weighted by Gasteiger charge is 2.33. The van der Waals surface area contributed by atoms with Gasteiger partial charge in [-0.25, -0.2) is 9.78 Å². The number of nitrogens with zero attached hydrogens (tertiary/aromatic N) is 3. The van der Waals surface area contributed by atoms with Crippen molar-refractivity contribution in [3.05, 3.63) is 53.7 Å². The van der Waals surface area contributed by atoms with E-state index in [9.17, 15) is 22.8 Å². The normalized spacial score (nSPS) is 15.2. The number of rotatable bonds is 6. The second-order valence-corrected chi connectivity index (χ2v) is 7.33. The van der Waals surface area contributed by atoms with Crippen LogP contribution in [-0.2, 0) is 15.7 Å². The summed E-state index contributed by atoms with van der Waals surface area (Å²) < 4.78 is 44.3. The number of alkyl halides is 3. The van der Waals surface area contributed by atoms with E-state index in [1.165, 1.54) is 24.4 Å². The van der Waals surface area contributed by atoms with Gasteiger partial charge in [-0.15, -0.1) is 0 Å². The van der Waals surface area contributed by atoms with Crippen LogP contribution in [0.5, 0.6) is 0 Å². The molecule has 0 radical (unpaired) electrons. The minimum absolute atomic E-state index is 0.00471. The van der Waals surface area contributed by atoms with E-state index in [0.717, 1.165) is 12.5 Å². The number of benzene rings is 1. The van der Waals surface area contributed by atoms with Crippen molar-refractivity contribution in [2.24, 2.45) is 0 Å². The molecule has 2 heterocycles. The molecule has 2 aromatic rings. The van der Waals surface area contributed by atoms with Gasteiger partial charge in [-0.05, 0) is 37.6 Å². The maximum absolute atomic E-state index is 13.1. The van der Waals surface area contributed by atoms with E-state index in [4.69, 9.17) is 4.74 Å². The van der Waals surface area contributed by atoms with E-state index in [1.807, 2.05) is 9.80 Å². The Kier molecular flexibility index (Phi) is 7.68. The fourth-order valence-electron chi connectivity index (χ4n) is 3.50. The zero-order valence-electron chi connectivity index (χ0n) is 17.7. The zero-order valence-corrected chi connectivity index (χ0v) is 17.7. The molecular weight excluding hydrogens is 425 g/mol. The fourth-order valence-corrected chi connectivity index (χ4v) is 3.50. The summed E-state index contributed by atoms with van der Waals surface area (Å²) in [6, 6.07) is 8.34. The number of carbonyl (C=O) groups excluding carboxylic acids is 2. The van der Waals surface area contributed by atoms with Crippen LogP contribution in [0.25, 0.3) is 0 Å². The minimum atomic E-state index is -4.54. The van der Waals surface area contributed by atoms with Gasteiger partial charge < -0.3 is 15.0 Å². The highest BCUT2D eigenvalue weighted by atomic mass is 19.4. The molecule has 0 atom stereocenters. The molecule has 3 rings (SSSR count). The second-order valence-electron chi connectivity index (χ2n) is 7.33. The van der Waals surface area contributed by atoms with Gasteiger partial charge in [0.2, 0.25) is 5.91 Å². The smallest absolute Gasteiger partial charge is 0.418 e. The van der Waals surface area contributed by atoms with E-state index in [2.05, 4.69) is 10.3 Å². The lowest BCUT2D eigenvalue weighted by Gasteiger charge is -2.22. The quantitative estimate of drug-likeness (QED) is 0.680. The molecule has 1 fully saturated rings. The topological polar surface area (TPSA) is 74.8 Å². The maximum Gasteiger partial charge on any atom is 0.418 e. The largest absolute Gasteiger partial charge is 0.462 e. The Morgan fingerprint density at radius 3 is 2.56 bits per heavy atom. The van der Waals surface area contributed by atoms with Crippen LogP contribution in [0, 0.1) is 0 Å². The lowest BCUT2D eigenvalue weighted by atomic mass is 10.1. The highest BCUT2D eigenvalue weighted by Crippen LogP contribution is 2.34. The first-order chi connectivity index (χ1) is 15.3. The molecule has 1 amide bonds. The Bertz CT molecular complexity index is 935. The van der Waals surface area contributed by atoms with Crippen molar-refractivity contribution in [1.29, 1.82) is 0 Å². The second kappa shape index (κ2) is 10.4. The fraction of sp³-hybridized carbons (Fsp3) is 0.409. The Balaban J connectivity index is 1.56. The molecule has 1 aliphatic heterocycles. The van der Waals surface area contributed by atoms with Gasteiger partial charge in [0.15, 0.2) is 0 Å². The first kappa shape index (κ1) is 23.5. The monoisotopic (exact) mass is 450 g/mol. The summed E-state index contributed by atoms with van der Waals surface area (Å²) in [5, 5.41) is 2.38. The Morgan fingerprint density at radius 2 is 1.88 bits per heavy atom. The summed E-state index contributed by atoms with van der Waals surface area (Å²) in [5.74, 6) is -0.206. The van der Waals surface area contributed by atoms with E-state index in [-0.39, 0.29) is 18.8 Å². The van der Waals surface area contributed by atoms with Crippen LogP contribution in [-0.4, -0.2) is 61.1 Å². The molecule has 0 bridgehead atoms. The highest BCUT2D eigenvalue weighted by molar-refractivity contribution is 5.93. The van der Waals surface area contributed by atoms with Crippen LogP contribution in [0.15, 0.2) is 42.6 Å². The van der Waals surface area contributed by atoms with Crippen molar-refractivity contribution in [1.82, 2.24) is 9.88 Å². The van der Waals surface area contributed by atoms with Crippen LogP contribution in [0.3, 0.4) is 0 Å². The Labute approximate surface area is 184 Å². The Morgan fingerprint density at radius 1 is 1.09 bits per heavy atom. The predicted octanol–water partition coefficient (Wildman–Crippen LogP) is 3.43. The van der Waals surface area contributed by atoms with Gasteiger partial charge in [-0.1, -0.05) is 12.1 Å². The molecule has 0 unspecified atom stereocenters. The molecule has 1 aliphatic rings. The summed E-state index contributed by atoms with van der Waals surface area (Å²) in [5.41, 5.74) is -0.733. The predicted molar refractivity (Wildman–Crippen MR) is 114 cm³/mol. The van der Waals surface area contributed by atoms with Crippen molar-refractivity contribution in [3.63, 3.8) is 0 Å². The van der Waals surface area contributed by atoms with Crippen molar-refractivity contribution in [2.45, 2.75) is 19.5 Å². The molecule has 0 spiro atoms. The number of nitrogens with one attached hydrogen (secondary N) is 1. The standard InChI is InChI=1S/C22H25F3N4O3/c1-2-32-21(31)16-8-9-19(26-14-16)29-11-5-10-28(12-13-29)15-20(30)27-18-7-4-3-6-17(18)22(23,24)25/h3-4,6-9,14H,2,5,10-13,15H2,1H3,(H,27,30). The third-order valence-electron chi connectivity index (χ3n) is 5.05. The van der Waals surface area contributed by atoms with Crippen molar-refractivity contribution in [3.8, 4) is 0 Å². The van der Waals surface area contributed by atoms with Gasteiger partial charge in [0.05, 0.1) is 30.0 Å². The average Bonchev–Trinajstić information content (AvgIpc) is 2.99. The number of halogens is 3. The third kappa shape index (κ3) is 6.19. The zero-order chi connectivity index (χ0) is 23.1. The summed E-state index contributed by atoms with van der Waals surface area (Å²) in [6.07, 6.45) is -2.31. The lowest BCUT2D eigenvalue weighted by molar-refractivity contribution is -0.137. The number of para-hydroxylation sites is 1. The Hall–Kier alpha value is -3.14. The molecule has 1 aromatic heterocycles. The first-order valence-corrected chi connectivity index (χ1v) is 10.3. The average molecular weight is 450 g/mol. The van der Waals surface area contributed by atoms with Gasteiger partial charge in [0, 0.05) is 32.4 Å². The van der Waals surface area contributed by atoms with Gasteiger partial charge in [0.25, 0.3) is 0 Å². The summed E-state index contributed by atoms with van der Waals surface area (Å²) in [4.78, 5) is 32.4. The van der Waals surface area contributed by atoms with Crippen LogP contribution in [0.2, 0.25) is 0 Å². The molecule has 0 aliphatic carbocycles. The first-order valence-electron chi connectivity index (χ1n) is 10.3. The molecule has 1 N–H and O–H groups in total. The molecule has 32 heavy (non-hydrogen) atoms. The summed E-state index contributed by atoms with van der Waals surface area (Å²) in [6.45, 7) is 4.51. The summed E-state index contributed by atoms with van der Waals surface area (Å²) >= 11 is 0. The number of hydrogen-bond donors (Lipinski definition) is 1. The summed E-state index contributed by atoms with van der Waals surface area (Å²) in [7, 11) is 0. The molecular formula is C22H25F3N4O3. The SMILES string of the molecule is CCOC(=O)c1ccc(N2CCCN(CC(=O)Nc3ccccc3C(F)(F)F)CC2)nc1. The molecule has 7 nitrogen and oxygen atoms in total. The van der Waals surface area contributed by atoms with Crippen molar-refractivity contribution >= 4 is 23.4 Å². The molecule has 172 valence electrons. The molecule has 1 aromatic carbocycles. The number of ether oxygens (including phenoxy) is 1. The lowest BCUT2D eigenvalue weighted by Crippen LogP contribution is -2.36. The third-order valence-corrected chi connectivity index (χ3v) is 5.05. The van der Waals surface area contributed by atoms with E-state index < -0.39 is 23.6 Å². The number of amides is 1. The van der Waals surface area contributed by atoms with Crippen molar-refractivity contribution < 1.29 is 27.5 Å². The van der Waals surface area contributed by atoms with Gasteiger partial charge in [0.1, 0.15) is 5.82 Å². The van der Waals surface area contributed by atoms with Crippen LogP contribution in [0.1, 0.15) is 29.3 Å². The molecule has 10 heteroatoms. The van der Waals surface area contributed by atoms with Gasteiger partial charge in [-0.3, -0.25) is 9.69 Å². The molecule has 1 saturated heterocycles. The minimum Gasteiger partial charge on any atom is -0.462 e. The van der Waals surface area contributed by atoms with Crippen LogP contribution < -0.4 is 10.2 Å². The maximum atomic E-state index is 13.1. The van der Waals surface area contributed by atoms with E-state index >= 15 is 0 Å². The van der Waals surface area contributed by atoms with E-state index in [1.54, 1.807) is 19.1 Å². The van der Waals surface area contributed by atoms with Gasteiger partial charge >= 0.3 is 12.1 Å². The van der Waals surface area contributed by atoms with Gasteiger partial charge in [-0.2, -0.15) is 13.2 Å². The number of aromatic nitrogens is 1. The van der Waals surface area contributed by atoms with Crippen molar-refractivity contribution in [2.75, 3.05) is 49.5 Å². The van der Waals surface area contributed by atoms with Crippen LogP contribution in [0.4, 0.5) is 24.7 Å². The molecule has 0 saturated carbocycles. The number of esters is 1. The van der Waals surface area contributed by atoms with E-state index in [0.29, 0.717) is 37.6 Å².